The summed E-state index contributed by atoms with van der Waals surface area (Å²) in [6, 6.07) is 18.9. The van der Waals surface area contributed by atoms with Gasteiger partial charge in [0, 0.05) is 46.8 Å². The third kappa shape index (κ3) is 8.79. The van der Waals surface area contributed by atoms with E-state index >= 15 is 0 Å². The molecule has 2 saturated heterocycles. The molecule has 2 aliphatic heterocycles. The molecule has 0 spiro atoms. The van der Waals surface area contributed by atoms with Crippen molar-refractivity contribution in [3.8, 4) is 27.4 Å². The molecular formula is C49H57N7O5S2. The van der Waals surface area contributed by atoms with Gasteiger partial charge >= 0.3 is 0 Å². The third-order valence-corrected chi connectivity index (χ3v) is 16.2. The number of amides is 2. The molecule has 6 aromatic rings. The van der Waals surface area contributed by atoms with E-state index in [1.54, 1.807) is 33.6 Å². The number of piperidine rings is 1. The molecular weight excluding hydrogens is 831 g/mol. The topological polar surface area (TPSA) is 158 Å². The summed E-state index contributed by atoms with van der Waals surface area (Å²) in [5, 5.41) is 39.0. The monoisotopic (exact) mass is 887 g/mol. The summed E-state index contributed by atoms with van der Waals surface area (Å²) in [7, 11) is 0. The van der Waals surface area contributed by atoms with Crippen LogP contribution in [0.15, 0.2) is 70.7 Å². The van der Waals surface area contributed by atoms with Crippen molar-refractivity contribution in [3.63, 3.8) is 0 Å². The number of likely N-dealkylation sites (tertiary alicyclic amines) is 2. The van der Waals surface area contributed by atoms with Gasteiger partial charge in [0.1, 0.15) is 28.3 Å². The number of phenolic OH excluding ortho intramolecular Hbond substituents is 1. The Morgan fingerprint density at radius 2 is 1.67 bits per heavy atom. The number of aliphatic hydroxyl groups excluding tert-OH is 1. The molecule has 0 radical (unpaired) electrons. The molecule has 0 unspecified atom stereocenters. The molecule has 2 amide bonds. The minimum atomic E-state index is -0.790. The maximum atomic E-state index is 14.4. The summed E-state index contributed by atoms with van der Waals surface area (Å²) in [5.74, 6) is 0.266. The number of nitrogens with one attached hydrogen (secondary N) is 1. The average molecular weight is 888 g/mol. The number of rotatable bonds is 11. The molecule has 4 atom stereocenters. The van der Waals surface area contributed by atoms with Crippen LogP contribution in [0.1, 0.15) is 123 Å². The van der Waals surface area contributed by atoms with E-state index in [2.05, 4.69) is 43.5 Å². The van der Waals surface area contributed by atoms with Crippen molar-refractivity contribution in [1.82, 2.24) is 35.5 Å². The van der Waals surface area contributed by atoms with Crippen LogP contribution in [0.5, 0.6) is 5.75 Å². The zero-order chi connectivity index (χ0) is 43.9. The minimum absolute atomic E-state index is 0.0970. The van der Waals surface area contributed by atoms with Crippen LogP contribution in [-0.2, 0) is 9.59 Å². The quantitative estimate of drug-likeness (QED) is 0.115. The molecule has 9 rings (SSSR count). The van der Waals surface area contributed by atoms with E-state index in [0.29, 0.717) is 29.0 Å². The molecule has 330 valence electrons. The van der Waals surface area contributed by atoms with E-state index in [1.165, 1.54) is 10.4 Å². The molecule has 1 saturated carbocycles. The number of hydrogen-bond donors (Lipinski definition) is 3. The van der Waals surface area contributed by atoms with E-state index in [9.17, 15) is 19.8 Å². The summed E-state index contributed by atoms with van der Waals surface area (Å²) < 4.78 is 5.98. The zero-order valence-corrected chi connectivity index (χ0v) is 38.3. The third-order valence-electron chi connectivity index (χ3n) is 13.9. The number of carbonyl (C=O) groups is 2. The Hall–Kier alpha value is -5.02. The summed E-state index contributed by atoms with van der Waals surface area (Å²) in [6.07, 6.45) is 5.82. The van der Waals surface area contributed by atoms with Crippen molar-refractivity contribution in [2.75, 3.05) is 19.6 Å². The van der Waals surface area contributed by atoms with Gasteiger partial charge in [-0.2, -0.15) is 0 Å². The van der Waals surface area contributed by atoms with Crippen LogP contribution >= 0.6 is 22.7 Å². The van der Waals surface area contributed by atoms with Gasteiger partial charge in [0.2, 0.25) is 11.8 Å². The van der Waals surface area contributed by atoms with Crippen molar-refractivity contribution >= 4 is 44.7 Å². The number of thiophene rings is 1. The average Bonchev–Trinajstić information content (AvgIpc) is 4.11. The fourth-order valence-corrected chi connectivity index (χ4v) is 12.4. The number of nitrogens with zero attached hydrogens (tertiary/aromatic N) is 6. The fraction of sp³-hybridized carbons (Fsp3) is 0.469. The fourth-order valence-electron chi connectivity index (χ4n) is 10.3. The summed E-state index contributed by atoms with van der Waals surface area (Å²) in [4.78, 5) is 40.2. The Kier molecular flexibility index (Phi) is 12.5. The number of aromatic hydroxyl groups is 1. The molecule has 12 nitrogen and oxygen atoms in total. The van der Waals surface area contributed by atoms with Gasteiger partial charge in [-0.1, -0.05) is 55.4 Å². The van der Waals surface area contributed by atoms with Gasteiger partial charge < -0.3 is 29.9 Å². The van der Waals surface area contributed by atoms with Crippen LogP contribution in [-0.4, -0.2) is 90.0 Å². The van der Waals surface area contributed by atoms with E-state index < -0.39 is 18.1 Å². The van der Waals surface area contributed by atoms with Gasteiger partial charge in [-0.25, -0.2) is 4.98 Å². The first-order chi connectivity index (χ1) is 30.4. The van der Waals surface area contributed by atoms with E-state index in [4.69, 9.17) is 4.52 Å². The smallest absolute Gasteiger partial charge is 0.243 e. The number of thiazole rings is 1. The highest BCUT2D eigenvalue weighted by molar-refractivity contribution is 7.19. The number of β-amino-alcohol motifs (C(OH)–C–C–N with tert-alkyl or cyclic N) is 1. The first-order valence-corrected chi connectivity index (χ1v) is 24.2. The molecule has 63 heavy (non-hydrogen) atoms. The number of aromatic nitrogens is 4. The van der Waals surface area contributed by atoms with Crippen LogP contribution in [0, 0.1) is 19.8 Å². The lowest BCUT2D eigenvalue weighted by Crippen LogP contribution is -2.48. The number of carbonyl (C=O) groups excluding carboxylic acids is 2. The first kappa shape index (κ1) is 43.2. The van der Waals surface area contributed by atoms with Crippen LogP contribution in [0.2, 0.25) is 0 Å². The standard InChI is InChI=1S/C49H57N7O5S2/c1-27(2)44(49(60)56-25-36(57)22-41(56)47(59)51-29(4)31-10-12-33(13-11-31)46-30(5)50-26-62-46)43-24-39(54-61-43)32-14-16-35(17-15-32)55-20-18-34(19-21-55)45-28(3)38-23-40(52-53-48(38)63-45)37-8-6-7-9-42(37)58/h6-13,23-24,26-27,29,32,34-36,41,44,57-58H,14-22,25H2,1-5H3,(H,51,59)/t29-,32?,35?,36+,41-,44+/m0/s1. The molecule has 0 bridgehead atoms. The normalized spacial score (nSPS) is 22.2. The largest absolute Gasteiger partial charge is 0.507 e. The molecule has 4 aromatic heterocycles. The number of fused-ring (bicyclic) bond motifs is 1. The Balaban J connectivity index is 0.791. The van der Waals surface area contributed by atoms with Crippen LogP contribution in [0.3, 0.4) is 0 Å². The number of aliphatic hydroxyl groups is 1. The molecule has 3 fully saturated rings. The predicted octanol–water partition coefficient (Wildman–Crippen LogP) is 9.28. The number of phenols is 1. The van der Waals surface area contributed by atoms with Gasteiger partial charge in [0.05, 0.1) is 39.6 Å². The lowest BCUT2D eigenvalue weighted by Gasteiger charge is -2.40. The highest BCUT2D eigenvalue weighted by Crippen LogP contribution is 2.43. The molecule has 1 aliphatic carbocycles. The SMILES string of the molecule is Cc1ncsc1-c1ccc([C@H](C)NC(=O)[C@@H]2C[C@@H](O)CN2C(=O)[C@@H](c2cc(C3CCC(N4CCC(c5sc6nnc(-c7ccccc7O)cc6c5C)CC4)CC3)no2)C(C)C)cc1. The molecule has 6 heterocycles. The maximum Gasteiger partial charge on any atom is 0.243 e. The number of benzene rings is 2. The lowest BCUT2D eigenvalue weighted by molar-refractivity contribution is -0.141. The molecule has 3 aliphatic rings. The van der Waals surface area contributed by atoms with Crippen LogP contribution < -0.4 is 5.32 Å². The van der Waals surface area contributed by atoms with Gasteiger partial charge in [0.15, 0.2) is 0 Å². The highest BCUT2D eigenvalue weighted by atomic mass is 32.1. The van der Waals surface area contributed by atoms with Crippen molar-refractivity contribution in [2.45, 2.75) is 122 Å². The van der Waals surface area contributed by atoms with Crippen LogP contribution in [0.25, 0.3) is 31.9 Å². The van der Waals surface area contributed by atoms with Gasteiger partial charge in [-0.05, 0) is 119 Å². The minimum Gasteiger partial charge on any atom is -0.507 e. The van der Waals surface area contributed by atoms with Gasteiger partial charge in [0.25, 0.3) is 0 Å². The van der Waals surface area contributed by atoms with Crippen molar-refractivity contribution in [1.29, 1.82) is 0 Å². The van der Waals surface area contributed by atoms with Crippen LogP contribution in [0.4, 0.5) is 0 Å². The lowest BCUT2D eigenvalue weighted by atomic mass is 9.81. The maximum absolute atomic E-state index is 14.4. The van der Waals surface area contributed by atoms with E-state index in [1.807, 2.05) is 81.7 Å². The summed E-state index contributed by atoms with van der Waals surface area (Å²) in [6.45, 7) is 12.3. The second-order valence-electron chi connectivity index (χ2n) is 18.3. The number of aryl methyl sites for hydroxylation is 2. The number of hydrogen-bond acceptors (Lipinski definition) is 12. The van der Waals surface area contributed by atoms with E-state index in [0.717, 1.165) is 89.2 Å². The second kappa shape index (κ2) is 18.2. The second-order valence-corrected chi connectivity index (χ2v) is 20.1. The number of para-hydroxylation sites is 1. The van der Waals surface area contributed by atoms with Gasteiger partial charge in [-0.3, -0.25) is 9.59 Å². The van der Waals surface area contributed by atoms with Gasteiger partial charge in [-0.15, -0.1) is 32.9 Å². The Bertz CT molecular complexity index is 2570. The Morgan fingerprint density at radius 1 is 0.921 bits per heavy atom. The highest BCUT2D eigenvalue weighted by Gasteiger charge is 2.44. The zero-order valence-electron chi connectivity index (χ0n) is 36.7. The Morgan fingerprint density at radius 3 is 2.37 bits per heavy atom. The Labute approximate surface area is 376 Å². The van der Waals surface area contributed by atoms with E-state index in [-0.39, 0.29) is 48.4 Å². The molecule has 3 N–H and O–H groups in total. The summed E-state index contributed by atoms with van der Waals surface area (Å²) in [5.41, 5.74) is 8.44. The summed E-state index contributed by atoms with van der Waals surface area (Å²) >= 11 is 3.37. The van der Waals surface area contributed by atoms with Crippen molar-refractivity contribution < 1.29 is 24.3 Å². The molecule has 2 aromatic carbocycles. The van der Waals surface area contributed by atoms with Crippen molar-refractivity contribution in [3.05, 3.63) is 99.3 Å². The predicted molar refractivity (Wildman–Crippen MR) is 247 cm³/mol. The molecule has 14 heteroatoms. The first-order valence-electron chi connectivity index (χ1n) is 22.5. The van der Waals surface area contributed by atoms with Crippen molar-refractivity contribution in [2.24, 2.45) is 5.92 Å².